The molecule has 0 saturated heterocycles. The van der Waals surface area contributed by atoms with Gasteiger partial charge in [-0.15, -0.1) is 12.6 Å². The number of nitrogens with zero attached hydrogens (tertiary/aromatic N) is 1. The van der Waals surface area contributed by atoms with E-state index in [1.807, 2.05) is 0 Å². The van der Waals surface area contributed by atoms with E-state index < -0.39 is 0 Å². The number of aromatic amines is 1. The monoisotopic (exact) mass is 152 g/mol. The van der Waals surface area contributed by atoms with Gasteiger partial charge in [0.15, 0.2) is 0 Å². The van der Waals surface area contributed by atoms with Crippen molar-refractivity contribution in [3.63, 3.8) is 0 Å². The highest BCUT2D eigenvalue weighted by molar-refractivity contribution is 7.80. The lowest BCUT2D eigenvalue weighted by Crippen LogP contribution is -2.08. The molecule has 1 N–H and O–H groups in total. The molecule has 50 valence electrons. The second-order valence-electron chi connectivity index (χ2n) is 1.71. The topological polar surface area (TPSA) is 56.6 Å². The third kappa shape index (κ3) is 1.20. The van der Waals surface area contributed by atoms with Crippen molar-refractivity contribution in [3.05, 3.63) is 28.2 Å². The first-order valence-electron chi connectivity index (χ1n) is 2.56. The predicted octanol–water partition coefficient (Wildman–Crippen LogP) is 0.535. The van der Waals surface area contributed by atoms with Crippen LogP contribution >= 0.6 is 12.6 Å². The lowest BCUT2D eigenvalue weighted by Gasteiger charge is -1.88. The Morgan fingerprint density at radius 3 is 2.90 bits per heavy atom. The summed E-state index contributed by atoms with van der Waals surface area (Å²) in [5, 5.41) is 8.34. The van der Waals surface area contributed by atoms with Gasteiger partial charge < -0.3 is 4.98 Å². The van der Waals surface area contributed by atoms with E-state index in [9.17, 15) is 4.79 Å². The first-order valence-corrected chi connectivity index (χ1v) is 3.00. The highest BCUT2D eigenvalue weighted by Gasteiger charge is 1.95. The normalized spacial score (nSPS) is 8.80. The van der Waals surface area contributed by atoms with Crippen LogP contribution in [0, 0.1) is 11.3 Å². The smallest absolute Gasteiger partial charge is 0.265 e. The number of pyridine rings is 1. The molecule has 0 spiro atoms. The molecular weight excluding hydrogens is 148 g/mol. The van der Waals surface area contributed by atoms with E-state index >= 15 is 0 Å². The molecule has 0 radical (unpaired) electrons. The molecule has 0 aliphatic carbocycles. The second kappa shape index (κ2) is 2.58. The van der Waals surface area contributed by atoms with E-state index in [4.69, 9.17) is 5.26 Å². The van der Waals surface area contributed by atoms with E-state index in [0.29, 0.717) is 4.90 Å². The Morgan fingerprint density at radius 1 is 1.70 bits per heavy atom. The van der Waals surface area contributed by atoms with Crippen molar-refractivity contribution in [1.82, 2.24) is 4.98 Å². The molecule has 0 bridgehead atoms. The fourth-order valence-electron chi connectivity index (χ4n) is 0.555. The van der Waals surface area contributed by atoms with E-state index in [1.165, 1.54) is 12.3 Å². The maximum Gasteiger partial charge on any atom is 0.265 e. The maximum atomic E-state index is 10.7. The largest absolute Gasteiger partial charge is 0.327 e. The molecule has 1 rings (SSSR count). The standard InChI is InChI=1S/C6H4N2OS/c7-2-4-1-5(10)3-8-6(4)9/h1,3,10H,(H,8,9). The van der Waals surface area contributed by atoms with Gasteiger partial charge in [-0.05, 0) is 6.07 Å². The first-order chi connectivity index (χ1) is 4.74. The molecule has 0 saturated carbocycles. The summed E-state index contributed by atoms with van der Waals surface area (Å²) in [6, 6.07) is 3.16. The minimum Gasteiger partial charge on any atom is -0.327 e. The Balaban J connectivity index is 3.40. The van der Waals surface area contributed by atoms with Crippen LogP contribution in [0.3, 0.4) is 0 Å². The number of aromatic nitrogens is 1. The molecular formula is C6H4N2OS. The Hall–Kier alpha value is -1.21. The fraction of sp³-hybridized carbons (Fsp3) is 0. The van der Waals surface area contributed by atoms with Gasteiger partial charge in [-0.25, -0.2) is 0 Å². The summed E-state index contributed by atoms with van der Waals surface area (Å²) in [6.07, 6.45) is 1.44. The number of thiol groups is 1. The molecule has 1 heterocycles. The van der Waals surface area contributed by atoms with Gasteiger partial charge in [0.1, 0.15) is 11.6 Å². The van der Waals surface area contributed by atoms with Gasteiger partial charge in [0.2, 0.25) is 0 Å². The van der Waals surface area contributed by atoms with Crippen molar-refractivity contribution >= 4 is 12.6 Å². The van der Waals surface area contributed by atoms with Gasteiger partial charge in [0, 0.05) is 11.1 Å². The fourth-order valence-corrected chi connectivity index (χ4v) is 0.749. The Labute approximate surface area is 62.7 Å². The van der Waals surface area contributed by atoms with Crippen LogP contribution in [0.2, 0.25) is 0 Å². The zero-order valence-corrected chi connectivity index (χ0v) is 5.85. The van der Waals surface area contributed by atoms with Crippen LogP contribution in [0.5, 0.6) is 0 Å². The van der Waals surface area contributed by atoms with Crippen LogP contribution in [0.1, 0.15) is 5.56 Å². The summed E-state index contributed by atoms with van der Waals surface area (Å²) in [5.74, 6) is 0. The van der Waals surface area contributed by atoms with E-state index in [0.717, 1.165) is 0 Å². The van der Waals surface area contributed by atoms with Crippen molar-refractivity contribution in [2.75, 3.05) is 0 Å². The minimum absolute atomic E-state index is 0.0903. The molecule has 10 heavy (non-hydrogen) atoms. The van der Waals surface area contributed by atoms with Crippen LogP contribution in [0.4, 0.5) is 0 Å². The van der Waals surface area contributed by atoms with Crippen molar-refractivity contribution in [3.8, 4) is 6.07 Å². The quantitative estimate of drug-likeness (QED) is 0.533. The van der Waals surface area contributed by atoms with Crippen molar-refractivity contribution in [2.45, 2.75) is 4.90 Å². The van der Waals surface area contributed by atoms with Gasteiger partial charge in [-0.3, -0.25) is 4.79 Å². The van der Waals surface area contributed by atoms with Crippen molar-refractivity contribution < 1.29 is 0 Å². The maximum absolute atomic E-state index is 10.7. The third-order valence-corrected chi connectivity index (χ3v) is 1.27. The zero-order valence-electron chi connectivity index (χ0n) is 4.96. The summed E-state index contributed by atoms with van der Waals surface area (Å²) in [4.78, 5) is 13.6. The molecule has 4 heteroatoms. The second-order valence-corrected chi connectivity index (χ2v) is 2.23. The third-order valence-electron chi connectivity index (χ3n) is 1.01. The molecule has 0 fully saturated rings. The Morgan fingerprint density at radius 2 is 2.40 bits per heavy atom. The van der Waals surface area contributed by atoms with Crippen LogP contribution in [0.15, 0.2) is 22.0 Å². The highest BCUT2D eigenvalue weighted by atomic mass is 32.1. The number of nitrogens with one attached hydrogen (secondary N) is 1. The summed E-state index contributed by atoms with van der Waals surface area (Å²) in [5.41, 5.74) is -0.284. The highest BCUT2D eigenvalue weighted by Crippen LogP contribution is 2.00. The summed E-state index contributed by atoms with van der Waals surface area (Å²) in [7, 11) is 0. The lowest BCUT2D eigenvalue weighted by atomic mass is 10.3. The average Bonchev–Trinajstić information content (AvgIpc) is 1.94. The summed E-state index contributed by atoms with van der Waals surface area (Å²) >= 11 is 3.93. The molecule has 1 aromatic rings. The van der Waals surface area contributed by atoms with E-state index in [1.54, 1.807) is 6.07 Å². The predicted molar refractivity (Wildman–Crippen MR) is 39.0 cm³/mol. The molecule has 0 aliphatic heterocycles. The van der Waals surface area contributed by atoms with Gasteiger partial charge in [0.25, 0.3) is 5.56 Å². The number of hydrogen-bond donors (Lipinski definition) is 2. The molecule has 0 unspecified atom stereocenters. The van der Waals surface area contributed by atoms with E-state index in [2.05, 4.69) is 17.6 Å². The summed E-state index contributed by atoms with van der Waals surface area (Å²) < 4.78 is 0. The van der Waals surface area contributed by atoms with Gasteiger partial charge in [-0.1, -0.05) is 0 Å². The number of rotatable bonds is 0. The Bertz CT molecular complexity index is 336. The Kier molecular flexibility index (Phi) is 1.78. The molecule has 3 nitrogen and oxygen atoms in total. The van der Waals surface area contributed by atoms with E-state index in [-0.39, 0.29) is 11.1 Å². The summed E-state index contributed by atoms with van der Waals surface area (Å²) in [6.45, 7) is 0. The van der Waals surface area contributed by atoms with Crippen molar-refractivity contribution in [1.29, 1.82) is 5.26 Å². The molecule has 0 aliphatic rings. The average molecular weight is 152 g/mol. The minimum atomic E-state index is -0.375. The van der Waals surface area contributed by atoms with Gasteiger partial charge in [0.05, 0.1) is 0 Å². The number of hydrogen-bond acceptors (Lipinski definition) is 3. The molecule has 1 aromatic heterocycles. The van der Waals surface area contributed by atoms with Crippen LogP contribution in [-0.2, 0) is 0 Å². The zero-order chi connectivity index (χ0) is 7.56. The van der Waals surface area contributed by atoms with Crippen LogP contribution < -0.4 is 5.56 Å². The first kappa shape index (κ1) is 6.90. The molecule has 0 aromatic carbocycles. The molecule has 0 atom stereocenters. The van der Waals surface area contributed by atoms with Gasteiger partial charge >= 0.3 is 0 Å². The SMILES string of the molecule is N#Cc1cc(S)c[nH]c1=O. The van der Waals surface area contributed by atoms with Crippen molar-refractivity contribution in [2.24, 2.45) is 0 Å². The number of nitriles is 1. The van der Waals surface area contributed by atoms with Crippen LogP contribution in [0.25, 0.3) is 0 Å². The van der Waals surface area contributed by atoms with Gasteiger partial charge in [-0.2, -0.15) is 5.26 Å². The van der Waals surface area contributed by atoms with Crippen LogP contribution in [-0.4, -0.2) is 4.98 Å². The number of H-pyrrole nitrogens is 1. The molecule has 0 amide bonds. The lowest BCUT2D eigenvalue weighted by molar-refractivity contribution is 1.15.